The van der Waals surface area contributed by atoms with E-state index in [2.05, 4.69) is 15.8 Å². The summed E-state index contributed by atoms with van der Waals surface area (Å²) in [6.07, 6.45) is 1.65. The number of para-hydroxylation sites is 1. The lowest BCUT2D eigenvalue weighted by Crippen LogP contribution is -2.23. The van der Waals surface area contributed by atoms with E-state index >= 15 is 0 Å². The normalized spacial score (nSPS) is 10.7. The van der Waals surface area contributed by atoms with Gasteiger partial charge in [0.2, 0.25) is 0 Å². The number of hydrazone groups is 1. The van der Waals surface area contributed by atoms with E-state index in [1.165, 1.54) is 0 Å². The van der Waals surface area contributed by atoms with Gasteiger partial charge in [0, 0.05) is 21.3 Å². The van der Waals surface area contributed by atoms with Crippen LogP contribution in [0.2, 0.25) is 10.0 Å². The number of benzene rings is 3. The highest BCUT2D eigenvalue weighted by Gasteiger charge is 2.10. The molecule has 0 unspecified atom stereocenters. The lowest BCUT2D eigenvalue weighted by molar-refractivity contribution is 0.269. The van der Waals surface area contributed by atoms with Gasteiger partial charge in [-0.1, -0.05) is 47.5 Å². The first kappa shape index (κ1) is 22.9. The Balaban J connectivity index is 1.64. The summed E-state index contributed by atoms with van der Waals surface area (Å²) in [5.74, 6) is 1.18. The lowest BCUT2D eigenvalue weighted by atomic mass is 10.2. The summed E-state index contributed by atoms with van der Waals surface area (Å²) in [5.41, 5.74) is 5.22. The zero-order valence-corrected chi connectivity index (χ0v) is 19.1. The Kier molecular flexibility index (Phi) is 8.53. The van der Waals surface area contributed by atoms with Crippen molar-refractivity contribution in [2.24, 2.45) is 5.10 Å². The number of anilines is 1. The van der Waals surface area contributed by atoms with E-state index in [9.17, 15) is 0 Å². The van der Waals surface area contributed by atoms with Crippen molar-refractivity contribution in [3.8, 4) is 11.5 Å². The molecule has 3 rings (SSSR count). The molecule has 2 N–H and O–H groups in total. The van der Waals surface area contributed by atoms with Crippen LogP contribution in [0, 0.1) is 0 Å². The van der Waals surface area contributed by atoms with Gasteiger partial charge in [-0.15, -0.1) is 0 Å². The van der Waals surface area contributed by atoms with Crippen LogP contribution in [0.25, 0.3) is 0 Å². The molecule has 31 heavy (non-hydrogen) atoms. The van der Waals surface area contributed by atoms with E-state index in [1.54, 1.807) is 24.4 Å². The highest BCUT2D eigenvalue weighted by molar-refractivity contribution is 7.80. The molecule has 0 aliphatic rings. The fourth-order valence-corrected chi connectivity index (χ4v) is 3.34. The minimum atomic E-state index is 0.229. The molecule has 3 aromatic rings. The van der Waals surface area contributed by atoms with E-state index < -0.39 is 0 Å². The van der Waals surface area contributed by atoms with Crippen molar-refractivity contribution in [2.75, 3.05) is 11.9 Å². The molecule has 0 spiro atoms. The molecule has 0 saturated carbocycles. The van der Waals surface area contributed by atoms with Crippen LogP contribution < -0.4 is 20.2 Å². The number of thiocarbonyl (C=S) groups is 1. The average molecular weight is 474 g/mol. The van der Waals surface area contributed by atoms with Gasteiger partial charge in [-0.3, -0.25) is 5.43 Å². The van der Waals surface area contributed by atoms with Crippen LogP contribution >= 0.6 is 35.4 Å². The molecular weight excluding hydrogens is 453 g/mol. The van der Waals surface area contributed by atoms with E-state index in [4.69, 9.17) is 44.9 Å². The Bertz CT molecular complexity index is 1040. The Morgan fingerprint density at radius 3 is 2.42 bits per heavy atom. The van der Waals surface area contributed by atoms with Gasteiger partial charge in [0.15, 0.2) is 16.6 Å². The lowest BCUT2D eigenvalue weighted by Gasteiger charge is -2.14. The molecule has 0 radical (unpaired) electrons. The van der Waals surface area contributed by atoms with Crippen molar-refractivity contribution in [3.05, 3.63) is 87.9 Å². The second-order valence-corrected chi connectivity index (χ2v) is 7.54. The van der Waals surface area contributed by atoms with Crippen molar-refractivity contribution in [3.63, 3.8) is 0 Å². The van der Waals surface area contributed by atoms with Crippen LogP contribution in [0.3, 0.4) is 0 Å². The molecule has 160 valence electrons. The molecule has 0 atom stereocenters. The maximum absolute atomic E-state index is 6.22. The van der Waals surface area contributed by atoms with Crippen LogP contribution in [-0.4, -0.2) is 17.9 Å². The number of ether oxygens (including phenoxy) is 2. The van der Waals surface area contributed by atoms with Gasteiger partial charge in [-0.05, 0) is 67.2 Å². The number of halogens is 2. The zero-order valence-electron chi connectivity index (χ0n) is 16.8. The summed E-state index contributed by atoms with van der Waals surface area (Å²) in [6, 6.07) is 20.5. The Morgan fingerprint density at radius 1 is 0.968 bits per heavy atom. The monoisotopic (exact) mass is 473 g/mol. The molecule has 0 aromatic heterocycles. The second kappa shape index (κ2) is 11.6. The quantitative estimate of drug-likeness (QED) is 0.228. The number of nitrogens with zero attached hydrogens (tertiary/aromatic N) is 1. The van der Waals surface area contributed by atoms with Crippen LogP contribution in [0.5, 0.6) is 11.5 Å². The molecule has 0 bridgehead atoms. The second-order valence-electron chi connectivity index (χ2n) is 6.32. The summed E-state index contributed by atoms with van der Waals surface area (Å²) in [7, 11) is 0. The van der Waals surface area contributed by atoms with Crippen molar-refractivity contribution in [2.45, 2.75) is 13.5 Å². The van der Waals surface area contributed by atoms with Crippen molar-refractivity contribution >= 4 is 52.4 Å². The predicted octanol–water partition coefficient (Wildman–Crippen LogP) is 6.29. The van der Waals surface area contributed by atoms with Crippen LogP contribution in [0.4, 0.5) is 5.69 Å². The minimum Gasteiger partial charge on any atom is -0.490 e. The average Bonchev–Trinajstić information content (AvgIpc) is 2.75. The third-order valence-electron chi connectivity index (χ3n) is 4.11. The molecule has 0 amide bonds. The fraction of sp³-hybridized carbons (Fsp3) is 0.130. The molecule has 5 nitrogen and oxygen atoms in total. The minimum absolute atomic E-state index is 0.229. The molecule has 0 fully saturated rings. The SMILES string of the molecule is CCOc1cc(C=NNC(=S)Nc2ccccc2)ccc1OCc1c(Cl)cccc1Cl. The van der Waals surface area contributed by atoms with Gasteiger partial charge in [-0.2, -0.15) is 5.10 Å². The summed E-state index contributed by atoms with van der Waals surface area (Å²) in [5, 5.41) is 8.73. The standard InChI is InChI=1S/C23H21Cl2N3O2S/c1-2-29-22-13-16(14-26-28-23(31)27-17-7-4-3-5-8-17)11-12-21(22)30-15-18-19(24)9-6-10-20(18)25/h3-14H,2,15H2,1H3,(H2,27,28,31). The molecule has 0 aliphatic heterocycles. The van der Waals surface area contributed by atoms with Crippen LogP contribution in [0.15, 0.2) is 71.8 Å². The maximum Gasteiger partial charge on any atom is 0.191 e. The van der Waals surface area contributed by atoms with Gasteiger partial charge in [0.1, 0.15) is 6.61 Å². The van der Waals surface area contributed by atoms with Gasteiger partial charge in [0.05, 0.1) is 12.8 Å². The predicted molar refractivity (Wildman–Crippen MR) is 132 cm³/mol. The first-order valence-corrected chi connectivity index (χ1v) is 10.7. The Hall–Kier alpha value is -2.80. The highest BCUT2D eigenvalue weighted by atomic mass is 35.5. The summed E-state index contributed by atoms with van der Waals surface area (Å²) < 4.78 is 11.6. The number of nitrogens with one attached hydrogen (secondary N) is 2. The van der Waals surface area contributed by atoms with Gasteiger partial charge in [0.25, 0.3) is 0 Å². The molecule has 0 aliphatic carbocycles. The summed E-state index contributed by atoms with van der Waals surface area (Å²) >= 11 is 17.7. The zero-order chi connectivity index (χ0) is 22.1. The van der Waals surface area contributed by atoms with Crippen molar-refractivity contribution in [1.82, 2.24) is 5.43 Å². The topological polar surface area (TPSA) is 54.9 Å². The molecule has 0 heterocycles. The molecule has 8 heteroatoms. The van der Waals surface area contributed by atoms with E-state index in [0.29, 0.717) is 33.3 Å². The molecular formula is C23H21Cl2N3O2S. The molecule has 3 aromatic carbocycles. The Morgan fingerprint density at radius 2 is 1.71 bits per heavy atom. The Labute approximate surface area is 197 Å². The van der Waals surface area contributed by atoms with E-state index in [0.717, 1.165) is 16.8 Å². The molecule has 0 saturated heterocycles. The third-order valence-corrected chi connectivity index (χ3v) is 5.01. The number of rotatable bonds is 8. The van der Waals surface area contributed by atoms with Crippen molar-refractivity contribution in [1.29, 1.82) is 0 Å². The number of hydrogen-bond acceptors (Lipinski definition) is 4. The first-order valence-electron chi connectivity index (χ1n) is 9.54. The van der Waals surface area contributed by atoms with Gasteiger partial charge < -0.3 is 14.8 Å². The first-order chi connectivity index (χ1) is 15.1. The van der Waals surface area contributed by atoms with E-state index in [1.807, 2.05) is 55.5 Å². The number of hydrogen-bond donors (Lipinski definition) is 2. The van der Waals surface area contributed by atoms with Crippen LogP contribution in [0.1, 0.15) is 18.1 Å². The smallest absolute Gasteiger partial charge is 0.191 e. The van der Waals surface area contributed by atoms with Gasteiger partial charge in [-0.25, -0.2) is 0 Å². The maximum atomic E-state index is 6.22. The van der Waals surface area contributed by atoms with E-state index in [-0.39, 0.29) is 6.61 Å². The fourth-order valence-electron chi connectivity index (χ4n) is 2.66. The van der Waals surface area contributed by atoms with Crippen LogP contribution in [-0.2, 0) is 6.61 Å². The van der Waals surface area contributed by atoms with Crippen molar-refractivity contribution < 1.29 is 9.47 Å². The third kappa shape index (κ3) is 6.85. The van der Waals surface area contributed by atoms with Gasteiger partial charge >= 0.3 is 0 Å². The largest absolute Gasteiger partial charge is 0.490 e. The highest BCUT2D eigenvalue weighted by Crippen LogP contribution is 2.31. The summed E-state index contributed by atoms with van der Waals surface area (Å²) in [6.45, 7) is 2.63. The summed E-state index contributed by atoms with van der Waals surface area (Å²) in [4.78, 5) is 0.